The van der Waals surface area contributed by atoms with Crippen LogP contribution in [0.15, 0.2) is 48.5 Å². The Morgan fingerprint density at radius 2 is 2.00 bits per heavy atom. The van der Waals surface area contributed by atoms with Crippen molar-refractivity contribution in [1.29, 1.82) is 0 Å². The Bertz CT molecular complexity index is 995. The van der Waals surface area contributed by atoms with Gasteiger partial charge in [-0.2, -0.15) is 0 Å². The van der Waals surface area contributed by atoms with Gasteiger partial charge < -0.3 is 15.1 Å². The van der Waals surface area contributed by atoms with Gasteiger partial charge in [0.15, 0.2) is 0 Å². The molecule has 2 amide bonds. The number of nitrogens with one attached hydrogen (secondary N) is 1. The van der Waals surface area contributed by atoms with Gasteiger partial charge in [-0.15, -0.1) is 0 Å². The van der Waals surface area contributed by atoms with E-state index in [-0.39, 0.29) is 17.9 Å². The van der Waals surface area contributed by atoms with Gasteiger partial charge in [-0.3, -0.25) is 9.59 Å². The van der Waals surface area contributed by atoms with Gasteiger partial charge in [0.25, 0.3) is 5.91 Å². The molecule has 6 heteroatoms. The van der Waals surface area contributed by atoms with E-state index in [1.54, 1.807) is 0 Å². The van der Waals surface area contributed by atoms with Gasteiger partial charge in [0.1, 0.15) is 0 Å². The van der Waals surface area contributed by atoms with Crippen LogP contribution >= 0.6 is 11.6 Å². The first kappa shape index (κ1) is 23.8. The van der Waals surface area contributed by atoms with E-state index in [1.165, 1.54) is 12.8 Å². The molecule has 1 fully saturated rings. The number of likely N-dealkylation sites (tertiary alicyclic amines) is 1. The lowest BCUT2D eigenvalue weighted by molar-refractivity contribution is -0.124. The molecular weight excluding hydrogens is 434 g/mol. The van der Waals surface area contributed by atoms with E-state index < -0.39 is 5.92 Å². The second-order valence-corrected chi connectivity index (χ2v) is 9.71. The number of nitrogens with zero attached hydrogens (tertiary/aromatic N) is 2. The first-order chi connectivity index (χ1) is 16.0. The predicted molar refractivity (Wildman–Crippen MR) is 133 cm³/mol. The molecule has 2 heterocycles. The van der Waals surface area contributed by atoms with Crippen molar-refractivity contribution in [3.63, 3.8) is 0 Å². The highest BCUT2D eigenvalue weighted by molar-refractivity contribution is 6.30. The van der Waals surface area contributed by atoms with Crippen LogP contribution in [0, 0.1) is 0 Å². The number of amides is 2. The summed E-state index contributed by atoms with van der Waals surface area (Å²) in [7, 11) is 2.16. The number of carbonyl (C=O) groups excluding carboxylic acids is 2. The first-order valence-electron chi connectivity index (χ1n) is 12.1. The van der Waals surface area contributed by atoms with E-state index in [1.807, 2.05) is 53.4 Å². The molecule has 1 saturated heterocycles. The summed E-state index contributed by atoms with van der Waals surface area (Å²) in [6, 6.07) is 15.3. The number of carbonyl (C=O) groups is 2. The molecule has 2 aromatic rings. The van der Waals surface area contributed by atoms with E-state index in [0.717, 1.165) is 36.9 Å². The third kappa shape index (κ3) is 5.10. The van der Waals surface area contributed by atoms with Gasteiger partial charge in [-0.25, -0.2) is 0 Å². The molecule has 3 atom stereocenters. The molecule has 1 N–H and O–H groups in total. The summed E-state index contributed by atoms with van der Waals surface area (Å²) in [5.41, 5.74) is 2.33. The van der Waals surface area contributed by atoms with Crippen molar-refractivity contribution in [1.82, 2.24) is 15.1 Å². The number of hydrogen-bond donors (Lipinski definition) is 1. The Balaban J connectivity index is 1.67. The molecule has 0 saturated carbocycles. The van der Waals surface area contributed by atoms with Crippen LogP contribution in [0.3, 0.4) is 0 Å². The van der Waals surface area contributed by atoms with Crippen LogP contribution in [0.25, 0.3) is 0 Å². The minimum atomic E-state index is -0.476. The predicted octanol–water partition coefficient (Wildman–Crippen LogP) is 5.02. The van der Waals surface area contributed by atoms with Crippen LogP contribution in [0.4, 0.5) is 0 Å². The highest BCUT2D eigenvalue weighted by Gasteiger charge is 2.43. The summed E-state index contributed by atoms with van der Waals surface area (Å²) < 4.78 is 0. The Morgan fingerprint density at radius 1 is 1.18 bits per heavy atom. The highest BCUT2D eigenvalue weighted by atomic mass is 35.5. The van der Waals surface area contributed by atoms with Crippen molar-refractivity contribution in [2.75, 3.05) is 26.7 Å². The van der Waals surface area contributed by atoms with Crippen LogP contribution in [0.1, 0.15) is 72.5 Å². The zero-order valence-corrected chi connectivity index (χ0v) is 20.4. The molecule has 33 heavy (non-hydrogen) atoms. The number of unbranched alkanes of at least 4 members (excludes halogenated alkanes) is 1. The Kier molecular flexibility index (Phi) is 7.71. The van der Waals surface area contributed by atoms with E-state index in [0.29, 0.717) is 29.7 Å². The van der Waals surface area contributed by atoms with Crippen LogP contribution < -0.4 is 5.32 Å². The summed E-state index contributed by atoms with van der Waals surface area (Å²) in [5, 5.41) is 3.82. The standard InChI is InChI=1S/C27H34ClN3O2/c1-3-4-17-31-25(19-9-7-10-20(28)18-19)24(22-12-5-6-13-23(22)27(31)33)26(32)29-15-14-21-11-8-16-30(21)2/h5-7,9-10,12-13,18,21,24-25H,3-4,8,11,14-17H2,1-2H3,(H,29,32). The summed E-state index contributed by atoms with van der Waals surface area (Å²) in [4.78, 5) is 31.5. The second-order valence-electron chi connectivity index (χ2n) is 9.27. The minimum Gasteiger partial charge on any atom is -0.355 e. The average molecular weight is 468 g/mol. The van der Waals surface area contributed by atoms with E-state index in [4.69, 9.17) is 11.6 Å². The van der Waals surface area contributed by atoms with Crippen molar-refractivity contribution in [3.8, 4) is 0 Å². The minimum absolute atomic E-state index is 0.0133. The number of hydrogen-bond acceptors (Lipinski definition) is 3. The van der Waals surface area contributed by atoms with Gasteiger partial charge >= 0.3 is 0 Å². The van der Waals surface area contributed by atoms with Crippen molar-refractivity contribution in [2.45, 2.75) is 57.0 Å². The fourth-order valence-electron chi connectivity index (χ4n) is 5.33. The van der Waals surface area contributed by atoms with Crippen LogP contribution in [-0.4, -0.2) is 54.3 Å². The maximum atomic E-state index is 13.7. The lowest BCUT2D eigenvalue weighted by Gasteiger charge is -2.42. The average Bonchev–Trinajstić information content (AvgIpc) is 3.22. The molecular formula is C27H34ClN3O2. The SMILES string of the molecule is CCCCN1C(=O)c2ccccc2C(C(=O)NCCC2CCCN2C)C1c1cccc(Cl)c1. The molecule has 5 nitrogen and oxygen atoms in total. The molecule has 2 aromatic carbocycles. The molecule has 4 rings (SSSR count). The number of benzene rings is 2. The van der Waals surface area contributed by atoms with Gasteiger partial charge in [0.05, 0.1) is 12.0 Å². The third-order valence-electron chi connectivity index (χ3n) is 7.11. The lowest BCUT2D eigenvalue weighted by atomic mass is 9.79. The summed E-state index contributed by atoms with van der Waals surface area (Å²) in [5.74, 6) is -0.515. The van der Waals surface area contributed by atoms with Gasteiger partial charge in [-0.1, -0.05) is 55.3 Å². The second kappa shape index (κ2) is 10.7. The Morgan fingerprint density at radius 3 is 2.73 bits per heavy atom. The van der Waals surface area contributed by atoms with Gasteiger partial charge in [0, 0.05) is 29.7 Å². The summed E-state index contributed by atoms with van der Waals surface area (Å²) in [6.07, 6.45) is 5.20. The Labute approximate surface area is 202 Å². The fraction of sp³-hybridized carbons (Fsp3) is 0.481. The Hall–Kier alpha value is -2.37. The quantitative estimate of drug-likeness (QED) is 0.593. The van der Waals surface area contributed by atoms with Crippen LogP contribution in [-0.2, 0) is 4.79 Å². The number of halogens is 1. The molecule has 2 aliphatic rings. The monoisotopic (exact) mass is 467 g/mol. The topological polar surface area (TPSA) is 52.7 Å². The van der Waals surface area contributed by atoms with Crippen molar-refractivity contribution < 1.29 is 9.59 Å². The smallest absolute Gasteiger partial charge is 0.254 e. The first-order valence-corrected chi connectivity index (χ1v) is 12.5. The molecule has 0 aromatic heterocycles. The summed E-state index contributed by atoms with van der Waals surface area (Å²) in [6.45, 7) is 4.48. The van der Waals surface area contributed by atoms with E-state index >= 15 is 0 Å². The van der Waals surface area contributed by atoms with Crippen molar-refractivity contribution in [3.05, 3.63) is 70.2 Å². The molecule has 176 valence electrons. The van der Waals surface area contributed by atoms with Gasteiger partial charge in [0.2, 0.25) is 5.91 Å². The zero-order valence-electron chi connectivity index (χ0n) is 19.6. The largest absolute Gasteiger partial charge is 0.355 e. The summed E-state index contributed by atoms with van der Waals surface area (Å²) >= 11 is 6.34. The lowest BCUT2D eigenvalue weighted by Crippen LogP contribution is -2.48. The van der Waals surface area contributed by atoms with E-state index in [2.05, 4.69) is 24.2 Å². The molecule has 3 unspecified atom stereocenters. The fourth-order valence-corrected chi connectivity index (χ4v) is 5.53. The third-order valence-corrected chi connectivity index (χ3v) is 7.35. The molecule has 0 aliphatic carbocycles. The molecule has 0 bridgehead atoms. The molecule has 0 spiro atoms. The highest BCUT2D eigenvalue weighted by Crippen LogP contribution is 2.43. The molecule has 0 radical (unpaired) electrons. The van der Waals surface area contributed by atoms with Crippen molar-refractivity contribution >= 4 is 23.4 Å². The van der Waals surface area contributed by atoms with Gasteiger partial charge in [-0.05, 0) is 68.6 Å². The molecule has 2 aliphatic heterocycles. The van der Waals surface area contributed by atoms with Crippen molar-refractivity contribution in [2.24, 2.45) is 0 Å². The number of rotatable bonds is 8. The normalized spacial score (nSPS) is 22.9. The van der Waals surface area contributed by atoms with Crippen LogP contribution in [0.2, 0.25) is 5.02 Å². The number of fused-ring (bicyclic) bond motifs is 1. The maximum absolute atomic E-state index is 13.7. The maximum Gasteiger partial charge on any atom is 0.254 e. The zero-order chi connectivity index (χ0) is 23.4. The van der Waals surface area contributed by atoms with Crippen LogP contribution in [0.5, 0.6) is 0 Å². The van der Waals surface area contributed by atoms with E-state index in [9.17, 15) is 9.59 Å².